The second kappa shape index (κ2) is 22.6. The van der Waals surface area contributed by atoms with Crippen molar-refractivity contribution in [3.8, 4) is 0 Å². The number of carbonyl (C=O) groups excluding carboxylic acids is 6. The van der Waals surface area contributed by atoms with Crippen molar-refractivity contribution >= 4 is 57.9 Å². The number of aromatic nitrogens is 2. The zero-order valence-electron chi connectivity index (χ0n) is 38.5. The number of nitrogens with two attached hydrogens (primary N) is 2. The standard InChI is InChI=1S/C48H72N10O6S2/c49-20-7-5-14-35(55-43(61)38-16-9-25-57(38)44(62)39-32-12-3-1-10-30(32)17-22-51-39)41(59)34-19-26-58(45(63)40-33-13-4-2-11-31(33)18-23-52-40)48(34,47-53-24-27-66-47)46(64)56-36(15-6-8-21-50)42(60)37-28-65-29-54-37/h24,27-36,38-40,51-52H,1-23,25-26,49-50H2,(H,55,61)(H,56,64)/t30?,31?,32?,33?,34?,35?,36?,38-,39?,40?,48+/m0/s1. The van der Waals surface area contributed by atoms with Gasteiger partial charge in [0, 0.05) is 30.0 Å². The SMILES string of the molecule is NCCCCC(NC(=O)[C@@]1(c2nccs2)C(C(=O)C(CCCCN)NC(=O)[C@@H]2CCCN2C(=O)C2NCCC3CCCCC32)CCN1C(=O)C1NCCC2CCCCC21)C(=O)c1cscn1. The number of unbranched alkanes of at least 4 members (excludes halogenated alkanes) is 2. The van der Waals surface area contributed by atoms with Gasteiger partial charge < -0.3 is 42.5 Å². The van der Waals surface area contributed by atoms with E-state index in [2.05, 4.69) is 26.3 Å². The molecule has 2 aliphatic carbocycles. The lowest BCUT2D eigenvalue weighted by molar-refractivity contribution is -0.154. The van der Waals surface area contributed by atoms with Gasteiger partial charge in [-0.05, 0) is 133 Å². The van der Waals surface area contributed by atoms with E-state index in [0.29, 0.717) is 76.5 Å². The van der Waals surface area contributed by atoms with Crippen LogP contribution in [0.4, 0.5) is 0 Å². The summed E-state index contributed by atoms with van der Waals surface area (Å²) in [6, 6.07) is -3.69. The minimum Gasteiger partial charge on any atom is -0.344 e. The van der Waals surface area contributed by atoms with Crippen molar-refractivity contribution in [1.82, 2.24) is 41.0 Å². The molecule has 362 valence electrons. The zero-order chi connectivity index (χ0) is 46.2. The van der Waals surface area contributed by atoms with Gasteiger partial charge in [0.05, 0.1) is 35.6 Å². The molecule has 0 aromatic carbocycles. The Balaban J connectivity index is 1.13. The highest BCUT2D eigenvalue weighted by Gasteiger charge is 2.64. The summed E-state index contributed by atoms with van der Waals surface area (Å²) < 4.78 is 0. The topological polar surface area (TPSA) is 235 Å². The van der Waals surface area contributed by atoms with Gasteiger partial charge >= 0.3 is 0 Å². The molecule has 6 fully saturated rings. The third-order valence-corrected chi connectivity index (χ3v) is 17.6. The Kier molecular flexibility index (Phi) is 16.7. The fourth-order valence-corrected chi connectivity index (χ4v) is 14.2. The molecule has 0 bridgehead atoms. The fraction of sp³-hybridized carbons (Fsp3) is 0.750. The number of carbonyl (C=O) groups is 6. The highest BCUT2D eigenvalue weighted by atomic mass is 32.1. The Labute approximate surface area is 397 Å². The minimum atomic E-state index is -1.94. The summed E-state index contributed by atoms with van der Waals surface area (Å²) in [6.45, 7) is 2.81. The summed E-state index contributed by atoms with van der Waals surface area (Å²) in [6.07, 6.45) is 16.3. The lowest BCUT2D eigenvalue weighted by atomic mass is 9.71. The van der Waals surface area contributed by atoms with Crippen LogP contribution in [0.5, 0.6) is 0 Å². The van der Waals surface area contributed by atoms with Gasteiger partial charge in [-0.15, -0.1) is 22.7 Å². The number of nitrogens with one attached hydrogen (secondary N) is 4. The van der Waals surface area contributed by atoms with Crippen LogP contribution < -0.4 is 32.7 Å². The largest absolute Gasteiger partial charge is 0.344 e. The summed E-state index contributed by atoms with van der Waals surface area (Å²) in [5.74, 6) is -1.99. The first-order valence-electron chi connectivity index (χ1n) is 25.1. The Bertz CT molecular complexity index is 1980. The summed E-state index contributed by atoms with van der Waals surface area (Å²) >= 11 is 2.48. The van der Waals surface area contributed by atoms with E-state index in [4.69, 9.17) is 16.5 Å². The first-order valence-corrected chi connectivity index (χ1v) is 27.0. The predicted octanol–water partition coefficient (Wildman–Crippen LogP) is 3.65. The number of Topliss-reactive ketones (excluding diaryl/α,β-unsaturated/α-hetero) is 2. The molecule has 8 rings (SSSR count). The predicted molar refractivity (Wildman–Crippen MR) is 253 cm³/mol. The van der Waals surface area contributed by atoms with Crippen LogP contribution in [-0.4, -0.2) is 124 Å². The van der Waals surface area contributed by atoms with Gasteiger partial charge in [0.15, 0.2) is 11.3 Å². The Morgan fingerprint density at radius 3 is 2.02 bits per heavy atom. The van der Waals surface area contributed by atoms with E-state index in [9.17, 15) is 14.4 Å². The van der Waals surface area contributed by atoms with Gasteiger partial charge in [-0.25, -0.2) is 9.97 Å². The van der Waals surface area contributed by atoms with Crippen LogP contribution in [-0.2, 0) is 29.5 Å². The van der Waals surface area contributed by atoms with Crippen molar-refractivity contribution in [3.05, 3.63) is 33.2 Å². The normalized spacial score (nSPS) is 30.8. The van der Waals surface area contributed by atoms with Crippen LogP contribution in [0.15, 0.2) is 22.5 Å². The lowest BCUT2D eigenvalue weighted by Gasteiger charge is -2.46. The number of ketones is 2. The monoisotopic (exact) mass is 949 g/mol. The first kappa shape index (κ1) is 48.8. The second-order valence-corrected chi connectivity index (χ2v) is 21.4. The van der Waals surface area contributed by atoms with Crippen LogP contribution in [0.3, 0.4) is 0 Å². The molecule has 16 nitrogen and oxygen atoms in total. The Hall–Kier alpha value is -3.68. The Morgan fingerprint density at radius 1 is 0.742 bits per heavy atom. The molecule has 66 heavy (non-hydrogen) atoms. The molecule has 4 saturated heterocycles. The van der Waals surface area contributed by atoms with Crippen molar-refractivity contribution in [3.63, 3.8) is 0 Å². The molecule has 0 radical (unpaired) electrons. The van der Waals surface area contributed by atoms with Crippen LogP contribution in [0.25, 0.3) is 0 Å². The maximum atomic E-state index is 15.8. The van der Waals surface area contributed by atoms with Crippen LogP contribution >= 0.6 is 22.7 Å². The first-order chi connectivity index (χ1) is 32.2. The van der Waals surface area contributed by atoms with Crippen molar-refractivity contribution in [2.75, 3.05) is 39.3 Å². The number of likely N-dealkylation sites (tertiary alicyclic amines) is 2. The van der Waals surface area contributed by atoms with Crippen molar-refractivity contribution in [1.29, 1.82) is 0 Å². The fourth-order valence-electron chi connectivity index (χ4n) is 12.8. The van der Waals surface area contributed by atoms with E-state index < -0.39 is 41.5 Å². The number of thiazole rings is 2. The van der Waals surface area contributed by atoms with Gasteiger partial charge in [0.1, 0.15) is 16.7 Å². The second-order valence-electron chi connectivity index (χ2n) is 19.8. The quantitative estimate of drug-likeness (QED) is 0.0876. The smallest absolute Gasteiger partial charge is 0.254 e. The molecule has 2 aromatic rings. The van der Waals surface area contributed by atoms with E-state index in [-0.39, 0.29) is 83.7 Å². The summed E-state index contributed by atoms with van der Waals surface area (Å²) in [7, 11) is 0. The van der Waals surface area contributed by atoms with Gasteiger partial charge in [-0.2, -0.15) is 0 Å². The molecule has 4 amide bonds. The number of piperidine rings is 2. The maximum Gasteiger partial charge on any atom is 0.254 e. The molecule has 4 aliphatic heterocycles. The molecule has 8 N–H and O–H groups in total. The van der Waals surface area contributed by atoms with E-state index in [1.54, 1.807) is 32.3 Å². The van der Waals surface area contributed by atoms with E-state index in [1.165, 1.54) is 29.1 Å². The average Bonchev–Trinajstić information content (AvgIpc) is 4.20. The molecular formula is C48H72N10O6S2. The van der Waals surface area contributed by atoms with Crippen LogP contribution in [0.1, 0.15) is 137 Å². The number of amides is 4. The van der Waals surface area contributed by atoms with E-state index >= 15 is 14.4 Å². The molecule has 11 atom stereocenters. The lowest BCUT2D eigenvalue weighted by Crippen LogP contribution is -2.66. The molecule has 0 spiro atoms. The van der Waals surface area contributed by atoms with E-state index in [0.717, 1.165) is 64.3 Å². The van der Waals surface area contributed by atoms with Gasteiger partial charge in [-0.1, -0.05) is 38.5 Å². The Morgan fingerprint density at radius 2 is 1.39 bits per heavy atom. The van der Waals surface area contributed by atoms with Gasteiger partial charge in [0.25, 0.3) is 5.91 Å². The summed E-state index contributed by atoms with van der Waals surface area (Å²) in [5.41, 5.74) is 11.7. The van der Waals surface area contributed by atoms with Crippen LogP contribution in [0.2, 0.25) is 0 Å². The van der Waals surface area contributed by atoms with Crippen LogP contribution in [0, 0.1) is 29.6 Å². The molecule has 9 unspecified atom stereocenters. The highest BCUT2D eigenvalue weighted by Crippen LogP contribution is 2.48. The molecule has 6 heterocycles. The molecule has 18 heteroatoms. The molecular weight excluding hydrogens is 877 g/mol. The number of rotatable bonds is 19. The number of nitrogens with zero attached hydrogens (tertiary/aromatic N) is 4. The highest BCUT2D eigenvalue weighted by molar-refractivity contribution is 7.09. The van der Waals surface area contributed by atoms with Gasteiger partial charge in [-0.3, -0.25) is 28.8 Å². The van der Waals surface area contributed by atoms with Gasteiger partial charge in [0.2, 0.25) is 23.5 Å². The third kappa shape index (κ3) is 10.1. The summed E-state index contributed by atoms with van der Waals surface area (Å²) in [5, 5.41) is 17.0. The number of hydrogen-bond donors (Lipinski definition) is 6. The zero-order valence-corrected chi connectivity index (χ0v) is 40.1. The van der Waals surface area contributed by atoms with Crippen molar-refractivity contribution < 1.29 is 28.8 Å². The number of hydrogen-bond acceptors (Lipinski definition) is 14. The van der Waals surface area contributed by atoms with E-state index in [1.807, 2.05) is 0 Å². The third-order valence-electron chi connectivity index (χ3n) is 16.1. The molecule has 2 aromatic heterocycles. The van der Waals surface area contributed by atoms with Crippen molar-refractivity contribution in [2.24, 2.45) is 41.1 Å². The molecule has 2 saturated carbocycles. The van der Waals surface area contributed by atoms with Crippen molar-refractivity contribution in [2.45, 2.75) is 158 Å². The summed E-state index contributed by atoms with van der Waals surface area (Å²) in [4.78, 5) is 103. The maximum absolute atomic E-state index is 15.8. The minimum absolute atomic E-state index is 0.0376. The average molecular weight is 949 g/mol. The molecule has 6 aliphatic rings. The number of fused-ring (bicyclic) bond motifs is 2.